The van der Waals surface area contributed by atoms with Crippen LogP contribution in [0.2, 0.25) is 0 Å². The number of likely N-dealkylation sites (tertiary alicyclic amines) is 1. The van der Waals surface area contributed by atoms with E-state index in [9.17, 15) is 9.59 Å². The zero-order chi connectivity index (χ0) is 16.9. The Morgan fingerprint density at radius 3 is 2.67 bits per heavy atom. The van der Waals surface area contributed by atoms with Gasteiger partial charge in [-0.15, -0.1) is 0 Å². The van der Waals surface area contributed by atoms with E-state index in [1.54, 1.807) is 4.90 Å². The second kappa shape index (κ2) is 8.06. The number of hydrogen-bond acceptors (Lipinski definition) is 3. The number of rotatable bonds is 5. The molecule has 0 unspecified atom stereocenters. The average molecular weight is 346 g/mol. The molecule has 2 fully saturated rings. The van der Waals surface area contributed by atoms with Crippen molar-refractivity contribution in [1.82, 2.24) is 9.80 Å². The van der Waals surface area contributed by atoms with Gasteiger partial charge in [-0.3, -0.25) is 9.59 Å². The molecule has 2 aliphatic rings. The van der Waals surface area contributed by atoms with Crippen molar-refractivity contribution in [2.45, 2.75) is 31.7 Å². The lowest BCUT2D eigenvalue weighted by molar-refractivity contribution is -0.138. The van der Waals surface area contributed by atoms with Crippen molar-refractivity contribution in [3.8, 4) is 0 Å². The summed E-state index contributed by atoms with van der Waals surface area (Å²) in [5, 5.41) is 0. The molecule has 0 aliphatic carbocycles. The minimum atomic E-state index is 0.0839. The molecule has 1 atom stereocenters. The van der Waals surface area contributed by atoms with Crippen LogP contribution in [0.3, 0.4) is 0 Å². The van der Waals surface area contributed by atoms with Crippen molar-refractivity contribution in [2.24, 2.45) is 5.92 Å². The first-order valence-corrected chi connectivity index (χ1v) is 9.94. The molecule has 0 spiro atoms. The van der Waals surface area contributed by atoms with Gasteiger partial charge in [0.05, 0.1) is 6.54 Å². The fourth-order valence-corrected chi connectivity index (χ4v) is 4.72. The molecule has 1 aromatic carbocycles. The first-order valence-electron chi connectivity index (χ1n) is 8.78. The average Bonchev–Trinajstić information content (AvgIpc) is 2.95. The molecule has 0 radical (unpaired) electrons. The summed E-state index contributed by atoms with van der Waals surface area (Å²) in [4.78, 5) is 28.4. The first kappa shape index (κ1) is 17.3. The third-order valence-corrected chi connectivity index (χ3v) is 6.17. The van der Waals surface area contributed by atoms with E-state index in [4.69, 9.17) is 0 Å². The molecule has 2 amide bonds. The maximum absolute atomic E-state index is 12.5. The standard InChI is InChI=1S/C19H26N2O2S/c1-20(17-7-9-24-10-8-17)19(23)14-21-13-16(12-18(21)22)11-15-5-3-2-4-6-15/h2-6,16-17H,7-14H2,1H3/t16-/m0/s1. The van der Waals surface area contributed by atoms with Gasteiger partial charge in [0.25, 0.3) is 0 Å². The molecule has 4 nitrogen and oxygen atoms in total. The van der Waals surface area contributed by atoms with Gasteiger partial charge in [-0.2, -0.15) is 11.8 Å². The lowest BCUT2D eigenvalue weighted by Gasteiger charge is -2.32. The van der Waals surface area contributed by atoms with Crippen molar-refractivity contribution in [1.29, 1.82) is 0 Å². The molecule has 0 bridgehead atoms. The van der Waals surface area contributed by atoms with Crippen LogP contribution in [0.1, 0.15) is 24.8 Å². The number of likely N-dealkylation sites (N-methyl/N-ethyl adjacent to an activating group) is 1. The van der Waals surface area contributed by atoms with E-state index < -0.39 is 0 Å². The van der Waals surface area contributed by atoms with Crippen LogP contribution in [0.4, 0.5) is 0 Å². The van der Waals surface area contributed by atoms with Gasteiger partial charge in [-0.1, -0.05) is 30.3 Å². The first-order chi connectivity index (χ1) is 11.6. The highest BCUT2D eigenvalue weighted by Crippen LogP contribution is 2.24. The summed E-state index contributed by atoms with van der Waals surface area (Å²) < 4.78 is 0. The predicted octanol–water partition coefficient (Wildman–Crippen LogP) is 2.43. The van der Waals surface area contributed by atoms with E-state index in [0.29, 0.717) is 24.9 Å². The maximum Gasteiger partial charge on any atom is 0.242 e. The molecule has 2 saturated heterocycles. The largest absolute Gasteiger partial charge is 0.341 e. The highest BCUT2D eigenvalue weighted by Gasteiger charge is 2.32. The van der Waals surface area contributed by atoms with Gasteiger partial charge in [-0.25, -0.2) is 0 Å². The minimum Gasteiger partial charge on any atom is -0.341 e. The molecule has 24 heavy (non-hydrogen) atoms. The van der Waals surface area contributed by atoms with Crippen LogP contribution in [-0.2, 0) is 16.0 Å². The minimum absolute atomic E-state index is 0.0839. The van der Waals surface area contributed by atoms with Crippen molar-refractivity contribution in [3.05, 3.63) is 35.9 Å². The third-order valence-electron chi connectivity index (χ3n) is 5.12. The van der Waals surface area contributed by atoms with Crippen LogP contribution in [0.5, 0.6) is 0 Å². The fourth-order valence-electron chi connectivity index (χ4n) is 3.64. The highest BCUT2D eigenvalue weighted by molar-refractivity contribution is 7.99. The number of benzene rings is 1. The topological polar surface area (TPSA) is 40.6 Å². The van der Waals surface area contributed by atoms with E-state index >= 15 is 0 Å². The van der Waals surface area contributed by atoms with Crippen LogP contribution < -0.4 is 0 Å². The molecule has 5 heteroatoms. The van der Waals surface area contributed by atoms with Gasteiger partial charge in [-0.05, 0) is 42.2 Å². The number of carbonyl (C=O) groups is 2. The van der Waals surface area contributed by atoms with Crippen molar-refractivity contribution in [3.63, 3.8) is 0 Å². The Morgan fingerprint density at radius 2 is 1.96 bits per heavy atom. The monoisotopic (exact) mass is 346 g/mol. The number of nitrogens with zero attached hydrogens (tertiary/aromatic N) is 2. The second-order valence-corrected chi connectivity index (χ2v) is 8.11. The Kier molecular flexibility index (Phi) is 5.82. The van der Waals surface area contributed by atoms with Gasteiger partial charge in [0.2, 0.25) is 11.8 Å². The Bertz CT molecular complexity index is 572. The normalized spacial score (nSPS) is 22.0. The summed E-state index contributed by atoms with van der Waals surface area (Å²) in [5.41, 5.74) is 1.26. The molecule has 0 aromatic heterocycles. The molecular weight excluding hydrogens is 320 g/mol. The number of hydrogen-bond donors (Lipinski definition) is 0. The zero-order valence-electron chi connectivity index (χ0n) is 14.3. The molecule has 0 N–H and O–H groups in total. The van der Waals surface area contributed by atoms with E-state index in [-0.39, 0.29) is 18.4 Å². The summed E-state index contributed by atoms with van der Waals surface area (Å²) in [6.07, 6.45) is 3.61. The molecule has 2 aliphatic heterocycles. The highest BCUT2D eigenvalue weighted by atomic mass is 32.2. The second-order valence-electron chi connectivity index (χ2n) is 6.88. The van der Waals surface area contributed by atoms with Crippen LogP contribution >= 0.6 is 11.8 Å². The van der Waals surface area contributed by atoms with Crippen LogP contribution in [0.15, 0.2) is 30.3 Å². The lowest BCUT2D eigenvalue weighted by atomic mass is 9.99. The number of amides is 2. The third kappa shape index (κ3) is 4.32. The van der Waals surface area contributed by atoms with Crippen molar-refractivity contribution in [2.75, 3.05) is 31.6 Å². The summed E-state index contributed by atoms with van der Waals surface area (Å²) in [6.45, 7) is 0.943. The van der Waals surface area contributed by atoms with E-state index in [2.05, 4.69) is 12.1 Å². The van der Waals surface area contributed by atoms with Gasteiger partial charge in [0.1, 0.15) is 0 Å². The van der Waals surface area contributed by atoms with E-state index in [1.807, 2.05) is 41.9 Å². The summed E-state index contributed by atoms with van der Waals surface area (Å²) in [7, 11) is 1.89. The SMILES string of the molecule is CN(C(=O)CN1C[C@@H](Cc2ccccc2)CC1=O)C1CCSCC1. The molecule has 130 valence electrons. The molecule has 0 saturated carbocycles. The van der Waals surface area contributed by atoms with E-state index in [1.165, 1.54) is 5.56 Å². The lowest BCUT2D eigenvalue weighted by Crippen LogP contribution is -2.45. The number of thioether (sulfide) groups is 1. The van der Waals surface area contributed by atoms with Gasteiger partial charge in [0, 0.05) is 26.1 Å². The Balaban J connectivity index is 1.51. The summed E-state index contributed by atoms with van der Waals surface area (Å²) in [6, 6.07) is 10.6. The van der Waals surface area contributed by atoms with Gasteiger partial charge in [0.15, 0.2) is 0 Å². The van der Waals surface area contributed by atoms with Crippen LogP contribution in [0, 0.1) is 5.92 Å². The Labute approximate surface area is 148 Å². The predicted molar refractivity (Wildman–Crippen MR) is 98.0 cm³/mol. The Hall–Kier alpha value is -1.49. The Morgan fingerprint density at radius 1 is 1.25 bits per heavy atom. The van der Waals surface area contributed by atoms with Crippen LogP contribution in [0.25, 0.3) is 0 Å². The molecule has 3 rings (SSSR count). The fraction of sp³-hybridized carbons (Fsp3) is 0.579. The molecule has 1 aromatic rings. The quantitative estimate of drug-likeness (QED) is 0.822. The maximum atomic E-state index is 12.5. The van der Waals surface area contributed by atoms with E-state index in [0.717, 1.165) is 30.8 Å². The van der Waals surface area contributed by atoms with Crippen LogP contribution in [-0.4, -0.2) is 59.3 Å². The number of carbonyl (C=O) groups excluding carboxylic acids is 2. The smallest absolute Gasteiger partial charge is 0.242 e. The van der Waals surface area contributed by atoms with Gasteiger partial charge < -0.3 is 9.80 Å². The zero-order valence-corrected chi connectivity index (χ0v) is 15.1. The summed E-state index contributed by atoms with van der Waals surface area (Å²) >= 11 is 1.96. The molecular formula is C19H26N2O2S. The van der Waals surface area contributed by atoms with Crippen molar-refractivity contribution < 1.29 is 9.59 Å². The van der Waals surface area contributed by atoms with Crippen molar-refractivity contribution >= 4 is 23.6 Å². The molecule has 2 heterocycles. The summed E-state index contributed by atoms with van der Waals surface area (Å²) in [5.74, 6) is 2.79. The van der Waals surface area contributed by atoms with Gasteiger partial charge >= 0.3 is 0 Å².